The molecule has 1 heterocycles. The summed E-state index contributed by atoms with van der Waals surface area (Å²) in [6, 6.07) is 17.9. The molecule has 2 nitrogen and oxygen atoms in total. The lowest BCUT2D eigenvalue weighted by molar-refractivity contribution is 0.482. The summed E-state index contributed by atoms with van der Waals surface area (Å²) in [7, 11) is 0. The number of benzene rings is 2. The molecular formula is C17H15NO. The third-order valence-corrected chi connectivity index (χ3v) is 2.98. The molecule has 0 atom stereocenters. The molecule has 2 heteroatoms. The summed E-state index contributed by atoms with van der Waals surface area (Å²) in [5.74, 6) is 1.71. The molecule has 0 saturated carbocycles. The minimum absolute atomic E-state index is 0.856. The van der Waals surface area contributed by atoms with Crippen LogP contribution < -0.4 is 4.74 Å². The predicted octanol–water partition coefficient (Wildman–Crippen LogP) is 4.34. The van der Waals surface area contributed by atoms with Gasteiger partial charge in [0.25, 0.3) is 0 Å². The highest BCUT2D eigenvalue weighted by Gasteiger charge is 2.02. The fraction of sp³-hybridized carbons (Fsp3) is 0.118. The van der Waals surface area contributed by atoms with Gasteiger partial charge in [-0.05, 0) is 41.8 Å². The highest BCUT2D eigenvalue weighted by Crippen LogP contribution is 2.23. The topological polar surface area (TPSA) is 21.6 Å². The van der Waals surface area contributed by atoms with E-state index in [-0.39, 0.29) is 0 Å². The number of hydrogen-bond donors (Lipinski definition) is 0. The normalized spacial score (nSPS) is 15.9. The summed E-state index contributed by atoms with van der Waals surface area (Å²) in [4.78, 5) is 4.23. The third kappa shape index (κ3) is 3.10. The molecular weight excluding hydrogens is 234 g/mol. The Morgan fingerprint density at radius 1 is 0.947 bits per heavy atom. The molecule has 2 aromatic carbocycles. The van der Waals surface area contributed by atoms with Gasteiger partial charge in [-0.15, -0.1) is 0 Å². The smallest absolute Gasteiger partial charge is 0.128 e. The van der Waals surface area contributed by atoms with E-state index in [0.29, 0.717) is 0 Å². The van der Waals surface area contributed by atoms with Crippen LogP contribution in [0.4, 0.5) is 0 Å². The molecule has 0 saturated heterocycles. The van der Waals surface area contributed by atoms with Crippen LogP contribution in [-0.4, -0.2) is 12.8 Å². The van der Waals surface area contributed by atoms with E-state index >= 15 is 0 Å². The van der Waals surface area contributed by atoms with E-state index in [0.717, 1.165) is 30.0 Å². The van der Waals surface area contributed by atoms with Gasteiger partial charge in [0.2, 0.25) is 0 Å². The first-order valence-corrected chi connectivity index (χ1v) is 6.43. The molecule has 0 aromatic heterocycles. The molecule has 0 amide bonds. The molecule has 2 aromatic rings. The minimum atomic E-state index is 0.856. The Kier molecular flexibility index (Phi) is 3.41. The SMILES string of the molecule is C1=NCCC1=Cc1cccc(Oc2ccccc2)c1. The number of ether oxygens (including phenoxy) is 1. The van der Waals surface area contributed by atoms with E-state index in [9.17, 15) is 0 Å². The summed E-state index contributed by atoms with van der Waals surface area (Å²) < 4.78 is 5.82. The lowest BCUT2D eigenvalue weighted by Crippen LogP contribution is -1.85. The molecule has 0 bridgehead atoms. The molecule has 0 radical (unpaired) electrons. The maximum Gasteiger partial charge on any atom is 0.128 e. The zero-order chi connectivity index (χ0) is 12.9. The highest BCUT2D eigenvalue weighted by molar-refractivity contribution is 5.87. The van der Waals surface area contributed by atoms with E-state index in [2.05, 4.69) is 17.1 Å². The molecule has 1 aliphatic rings. The second kappa shape index (κ2) is 5.53. The Morgan fingerprint density at radius 3 is 2.58 bits per heavy atom. The van der Waals surface area contributed by atoms with Crippen LogP contribution in [0.25, 0.3) is 6.08 Å². The van der Waals surface area contributed by atoms with Crippen LogP contribution in [0, 0.1) is 0 Å². The average Bonchev–Trinajstić information content (AvgIpc) is 2.93. The second-order valence-corrected chi connectivity index (χ2v) is 4.49. The molecule has 3 rings (SSSR count). The van der Waals surface area contributed by atoms with E-state index in [1.165, 1.54) is 5.57 Å². The van der Waals surface area contributed by atoms with Gasteiger partial charge in [-0.25, -0.2) is 0 Å². The van der Waals surface area contributed by atoms with Crippen LogP contribution >= 0.6 is 0 Å². The lowest BCUT2D eigenvalue weighted by atomic mass is 10.1. The van der Waals surface area contributed by atoms with Gasteiger partial charge in [0.15, 0.2) is 0 Å². The van der Waals surface area contributed by atoms with Gasteiger partial charge < -0.3 is 4.74 Å². The van der Waals surface area contributed by atoms with E-state index in [1.54, 1.807) is 0 Å². The zero-order valence-electron chi connectivity index (χ0n) is 10.6. The van der Waals surface area contributed by atoms with Gasteiger partial charge in [-0.1, -0.05) is 36.4 Å². The van der Waals surface area contributed by atoms with Gasteiger partial charge in [0, 0.05) is 12.8 Å². The highest BCUT2D eigenvalue weighted by atomic mass is 16.5. The maximum absolute atomic E-state index is 5.82. The summed E-state index contributed by atoms with van der Waals surface area (Å²) in [5.41, 5.74) is 2.42. The zero-order valence-corrected chi connectivity index (χ0v) is 10.6. The Hall–Kier alpha value is -2.35. The first-order valence-electron chi connectivity index (χ1n) is 6.43. The summed E-state index contributed by atoms with van der Waals surface area (Å²) in [6.45, 7) is 0.909. The van der Waals surface area contributed by atoms with Crippen molar-refractivity contribution in [2.75, 3.05) is 6.54 Å². The largest absolute Gasteiger partial charge is 0.457 e. The van der Waals surface area contributed by atoms with Crippen molar-refractivity contribution in [3.63, 3.8) is 0 Å². The molecule has 0 fully saturated rings. The summed E-state index contributed by atoms with van der Waals surface area (Å²) >= 11 is 0. The third-order valence-electron chi connectivity index (χ3n) is 2.98. The summed E-state index contributed by atoms with van der Waals surface area (Å²) in [6.07, 6.45) is 5.14. The lowest BCUT2D eigenvalue weighted by Gasteiger charge is -2.06. The number of para-hydroxylation sites is 1. The van der Waals surface area contributed by atoms with E-state index < -0.39 is 0 Å². The molecule has 0 spiro atoms. The molecule has 0 N–H and O–H groups in total. The predicted molar refractivity (Wildman–Crippen MR) is 78.9 cm³/mol. The first-order chi connectivity index (χ1) is 9.40. The average molecular weight is 249 g/mol. The number of aliphatic imine (C=N–C) groups is 1. The minimum Gasteiger partial charge on any atom is -0.457 e. The van der Waals surface area contributed by atoms with Crippen molar-refractivity contribution in [3.8, 4) is 11.5 Å². The fourth-order valence-corrected chi connectivity index (χ4v) is 2.06. The fourth-order valence-electron chi connectivity index (χ4n) is 2.06. The van der Waals surface area contributed by atoms with Crippen molar-refractivity contribution in [1.82, 2.24) is 0 Å². The number of hydrogen-bond acceptors (Lipinski definition) is 2. The Morgan fingerprint density at radius 2 is 1.79 bits per heavy atom. The van der Waals surface area contributed by atoms with Crippen molar-refractivity contribution in [3.05, 3.63) is 65.7 Å². The van der Waals surface area contributed by atoms with Gasteiger partial charge >= 0.3 is 0 Å². The molecule has 19 heavy (non-hydrogen) atoms. The summed E-state index contributed by atoms with van der Waals surface area (Å²) in [5, 5.41) is 0. The van der Waals surface area contributed by atoms with Crippen molar-refractivity contribution < 1.29 is 4.74 Å². The quantitative estimate of drug-likeness (QED) is 0.793. The van der Waals surface area contributed by atoms with Crippen LogP contribution in [0.3, 0.4) is 0 Å². The molecule has 1 aliphatic heterocycles. The van der Waals surface area contributed by atoms with Crippen LogP contribution in [0.2, 0.25) is 0 Å². The van der Waals surface area contributed by atoms with Crippen LogP contribution in [0.5, 0.6) is 11.5 Å². The van der Waals surface area contributed by atoms with Crippen LogP contribution in [0.15, 0.2) is 65.2 Å². The van der Waals surface area contributed by atoms with Crippen LogP contribution in [0.1, 0.15) is 12.0 Å². The van der Waals surface area contributed by atoms with Crippen molar-refractivity contribution in [2.45, 2.75) is 6.42 Å². The number of nitrogens with zero attached hydrogens (tertiary/aromatic N) is 1. The molecule has 94 valence electrons. The standard InChI is InChI=1S/C17H15NO/c1-2-6-16(7-3-1)19-17-8-4-5-14(12-17)11-15-9-10-18-13-15/h1-8,11-13H,9-10H2. The molecule has 0 aliphatic carbocycles. The van der Waals surface area contributed by atoms with Crippen LogP contribution in [-0.2, 0) is 0 Å². The second-order valence-electron chi connectivity index (χ2n) is 4.49. The van der Waals surface area contributed by atoms with E-state index in [4.69, 9.17) is 4.74 Å². The van der Waals surface area contributed by atoms with Crippen molar-refractivity contribution in [2.24, 2.45) is 4.99 Å². The Bertz CT molecular complexity index is 614. The van der Waals surface area contributed by atoms with Gasteiger partial charge in [-0.3, -0.25) is 4.99 Å². The molecule has 0 unspecified atom stereocenters. The van der Waals surface area contributed by atoms with Gasteiger partial charge in [0.05, 0.1) is 0 Å². The maximum atomic E-state index is 5.82. The Balaban J connectivity index is 1.80. The Labute approximate surface area is 113 Å². The van der Waals surface area contributed by atoms with Gasteiger partial charge in [-0.2, -0.15) is 0 Å². The van der Waals surface area contributed by atoms with Gasteiger partial charge in [0.1, 0.15) is 11.5 Å². The first kappa shape index (κ1) is 11.7. The number of rotatable bonds is 3. The van der Waals surface area contributed by atoms with Crippen molar-refractivity contribution >= 4 is 12.3 Å². The van der Waals surface area contributed by atoms with Crippen molar-refractivity contribution in [1.29, 1.82) is 0 Å². The monoisotopic (exact) mass is 249 g/mol. The van der Waals surface area contributed by atoms with E-state index in [1.807, 2.05) is 54.7 Å².